The van der Waals surface area contributed by atoms with Gasteiger partial charge in [0, 0.05) is 11.7 Å². The Hall–Kier alpha value is -1.42. The highest BCUT2D eigenvalue weighted by atomic mass is 19.1. The maximum absolute atomic E-state index is 13.0. The van der Waals surface area contributed by atoms with E-state index in [-0.39, 0.29) is 18.3 Å². The van der Waals surface area contributed by atoms with Crippen molar-refractivity contribution in [2.75, 3.05) is 11.9 Å². The molecule has 1 aliphatic rings. The molecule has 104 valence electrons. The molecule has 0 saturated heterocycles. The third-order valence-electron chi connectivity index (χ3n) is 3.80. The van der Waals surface area contributed by atoms with E-state index in [1.807, 2.05) is 0 Å². The maximum atomic E-state index is 13.0. The molecule has 1 aromatic carbocycles. The fourth-order valence-corrected chi connectivity index (χ4v) is 2.65. The smallest absolute Gasteiger partial charge is 0.238 e. The van der Waals surface area contributed by atoms with Crippen LogP contribution in [-0.2, 0) is 4.79 Å². The van der Waals surface area contributed by atoms with Crippen molar-refractivity contribution in [2.45, 2.75) is 38.6 Å². The molecule has 0 spiro atoms. The number of carbonyl (C=O) groups excluding carboxylic acids is 1. The van der Waals surface area contributed by atoms with E-state index in [0.29, 0.717) is 17.6 Å². The van der Waals surface area contributed by atoms with Crippen LogP contribution in [0, 0.1) is 11.7 Å². The summed E-state index contributed by atoms with van der Waals surface area (Å²) in [5, 5.41) is 5.94. The molecule has 1 atom stereocenters. The van der Waals surface area contributed by atoms with Gasteiger partial charge >= 0.3 is 0 Å². The van der Waals surface area contributed by atoms with Gasteiger partial charge in [0.25, 0.3) is 0 Å². The Morgan fingerprint density at radius 1 is 1.42 bits per heavy atom. The Morgan fingerprint density at radius 3 is 2.84 bits per heavy atom. The van der Waals surface area contributed by atoms with E-state index in [1.54, 1.807) is 12.1 Å². The zero-order valence-electron chi connectivity index (χ0n) is 11.3. The van der Waals surface area contributed by atoms with Crippen LogP contribution in [0.2, 0.25) is 0 Å². The summed E-state index contributed by atoms with van der Waals surface area (Å²) < 4.78 is 13.0. The molecule has 1 amide bonds. The Bertz CT molecular complexity index is 430. The van der Waals surface area contributed by atoms with Gasteiger partial charge in [-0.1, -0.05) is 18.9 Å². The summed E-state index contributed by atoms with van der Waals surface area (Å²) in [5.41, 5.74) is 0.500. The van der Waals surface area contributed by atoms with Crippen molar-refractivity contribution < 1.29 is 9.18 Å². The highest BCUT2D eigenvalue weighted by molar-refractivity contribution is 5.92. The summed E-state index contributed by atoms with van der Waals surface area (Å²) >= 11 is 0. The number of anilines is 1. The van der Waals surface area contributed by atoms with Gasteiger partial charge in [-0.3, -0.25) is 4.79 Å². The summed E-state index contributed by atoms with van der Waals surface area (Å²) in [6, 6.07) is 6.30. The molecule has 3 nitrogen and oxygen atoms in total. The molecule has 0 aliphatic heterocycles. The average Bonchev–Trinajstić information content (AvgIpc) is 2.90. The van der Waals surface area contributed by atoms with E-state index < -0.39 is 0 Å². The second-order valence-corrected chi connectivity index (χ2v) is 5.27. The van der Waals surface area contributed by atoms with Gasteiger partial charge in [0.2, 0.25) is 5.91 Å². The first-order valence-corrected chi connectivity index (χ1v) is 6.94. The molecule has 1 aromatic rings. The number of benzene rings is 1. The molecule has 4 heteroatoms. The van der Waals surface area contributed by atoms with E-state index in [2.05, 4.69) is 17.6 Å². The van der Waals surface area contributed by atoms with Gasteiger partial charge in [-0.2, -0.15) is 0 Å². The highest BCUT2D eigenvalue weighted by Crippen LogP contribution is 2.27. The first kappa shape index (κ1) is 14.0. The zero-order valence-corrected chi connectivity index (χ0v) is 11.3. The van der Waals surface area contributed by atoms with Crippen LogP contribution in [0.3, 0.4) is 0 Å². The van der Waals surface area contributed by atoms with Gasteiger partial charge in [-0.05, 0) is 43.9 Å². The first-order chi connectivity index (χ1) is 9.15. The van der Waals surface area contributed by atoms with Gasteiger partial charge in [0.15, 0.2) is 0 Å². The normalized spacial score (nSPS) is 17.4. The molecule has 0 heterocycles. The summed E-state index contributed by atoms with van der Waals surface area (Å²) in [4.78, 5) is 11.7. The molecule has 1 aliphatic carbocycles. The van der Waals surface area contributed by atoms with E-state index in [1.165, 1.54) is 37.8 Å². The van der Waals surface area contributed by atoms with Crippen molar-refractivity contribution >= 4 is 11.6 Å². The lowest BCUT2D eigenvalue weighted by molar-refractivity contribution is -0.115. The molecule has 2 N–H and O–H groups in total. The minimum Gasteiger partial charge on any atom is -0.325 e. The van der Waals surface area contributed by atoms with Gasteiger partial charge in [-0.15, -0.1) is 0 Å². The fourth-order valence-electron chi connectivity index (χ4n) is 2.65. The second kappa shape index (κ2) is 6.66. The molecule has 2 rings (SSSR count). The van der Waals surface area contributed by atoms with Crippen LogP contribution in [-0.4, -0.2) is 18.5 Å². The molecule has 1 fully saturated rings. The standard InChI is InChI=1S/C15H21FN2O/c1-11(12-5-2-3-6-12)17-10-15(19)18-14-8-4-7-13(16)9-14/h4,7-9,11-12,17H,2-3,5-6,10H2,1H3,(H,18,19)/t11-/m1/s1. The number of hydrogen-bond acceptors (Lipinski definition) is 2. The van der Waals surface area contributed by atoms with Crippen LogP contribution in [0.4, 0.5) is 10.1 Å². The lowest BCUT2D eigenvalue weighted by Gasteiger charge is -2.20. The molecule has 0 aromatic heterocycles. The minimum atomic E-state index is -0.343. The number of halogens is 1. The van der Waals surface area contributed by atoms with Crippen molar-refractivity contribution in [3.63, 3.8) is 0 Å². The van der Waals surface area contributed by atoms with Crippen LogP contribution in [0.5, 0.6) is 0 Å². The number of amides is 1. The quantitative estimate of drug-likeness (QED) is 0.858. The Kier molecular flexibility index (Phi) is 4.91. The van der Waals surface area contributed by atoms with Gasteiger partial charge in [0.05, 0.1) is 6.54 Å². The number of hydrogen-bond donors (Lipinski definition) is 2. The number of carbonyl (C=O) groups is 1. The zero-order chi connectivity index (χ0) is 13.7. The maximum Gasteiger partial charge on any atom is 0.238 e. The van der Waals surface area contributed by atoms with Gasteiger partial charge in [-0.25, -0.2) is 4.39 Å². The van der Waals surface area contributed by atoms with Gasteiger partial charge < -0.3 is 10.6 Å². The van der Waals surface area contributed by atoms with Crippen LogP contribution in [0.15, 0.2) is 24.3 Å². The van der Waals surface area contributed by atoms with Crippen molar-refractivity contribution in [1.29, 1.82) is 0 Å². The Balaban J connectivity index is 1.75. The SMILES string of the molecule is C[C@@H](NCC(=O)Nc1cccc(F)c1)C1CCCC1. The predicted molar refractivity (Wildman–Crippen MR) is 74.5 cm³/mol. The van der Waals surface area contributed by atoms with Crippen LogP contribution in [0.1, 0.15) is 32.6 Å². The van der Waals surface area contributed by atoms with E-state index in [4.69, 9.17) is 0 Å². The summed E-state index contributed by atoms with van der Waals surface area (Å²) in [5.74, 6) is 0.211. The summed E-state index contributed by atoms with van der Waals surface area (Å²) in [6.45, 7) is 2.40. The average molecular weight is 264 g/mol. The molecular formula is C15H21FN2O. The summed E-state index contributed by atoms with van der Waals surface area (Å²) in [7, 11) is 0. The van der Waals surface area contributed by atoms with Crippen LogP contribution >= 0.6 is 0 Å². The topological polar surface area (TPSA) is 41.1 Å². The first-order valence-electron chi connectivity index (χ1n) is 6.94. The minimum absolute atomic E-state index is 0.129. The lowest BCUT2D eigenvalue weighted by Crippen LogP contribution is -2.38. The van der Waals surface area contributed by atoms with Crippen LogP contribution < -0.4 is 10.6 Å². The van der Waals surface area contributed by atoms with Crippen LogP contribution in [0.25, 0.3) is 0 Å². The fraction of sp³-hybridized carbons (Fsp3) is 0.533. The monoisotopic (exact) mass is 264 g/mol. The highest BCUT2D eigenvalue weighted by Gasteiger charge is 2.21. The van der Waals surface area contributed by atoms with Crippen molar-refractivity contribution in [3.8, 4) is 0 Å². The number of nitrogens with one attached hydrogen (secondary N) is 2. The Labute approximate surface area is 113 Å². The van der Waals surface area contributed by atoms with Crippen molar-refractivity contribution in [1.82, 2.24) is 5.32 Å². The Morgan fingerprint density at radius 2 is 2.16 bits per heavy atom. The summed E-state index contributed by atoms with van der Waals surface area (Å²) in [6.07, 6.45) is 5.09. The molecule has 0 unspecified atom stereocenters. The third-order valence-corrected chi connectivity index (χ3v) is 3.80. The van der Waals surface area contributed by atoms with Crippen molar-refractivity contribution in [3.05, 3.63) is 30.1 Å². The molecule has 1 saturated carbocycles. The van der Waals surface area contributed by atoms with E-state index >= 15 is 0 Å². The van der Waals surface area contributed by atoms with E-state index in [9.17, 15) is 9.18 Å². The predicted octanol–water partition coefficient (Wildman–Crippen LogP) is 2.93. The number of rotatable bonds is 5. The molecule has 0 radical (unpaired) electrons. The van der Waals surface area contributed by atoms with Gasteiger partial charge in [0.1, 0.15) is 5.82 Å². The van der Waals surface area contributed by atoms with Crippen molar-refractivity contribution in [2.24, 2.45) is 5.92 Å². The van der Waals surface area contributed by atoms with E-state index in [0.717, 1.165) is 0 Å². The third kappa shape index (κ3) is 4.31. The second-order valence-electron chi connectivity index (χ2n) is 5.27. The molecule has 0 bridgehead atoms. The lowest BCUT2D eigenvalue weighted by atomic mass is 10.00. The molecular weight excluding hydrogens is 243 g/mol. The largest absolute Gasteiger partial charge is 0.325 e. The molecule has 19 heavy (non-hydrogen) atoms.